The summed E-state index contributed by atoms with van der Waals surface area (Å²) in [5.74, 6) is 5.75. The summed E-state index contributed by atoms with van der Waals surface area (Å²) in [6, 6.07) is 0.289. The molecular weight excluding hydrogens is 1640 g/mol. The van der Waals surface area contributed by atoms with Crippen LogP contribution >= 0.6 is 0 Å². The summed E-state index contributed by atoms with van der Waals surface area (Å²) >= 11 is 0. The number of aliphatic hydroxyl groups is 5. The molecule has 4 unspecified atom stereocenters. The second-order valence-electron chi connectivity index (χ2n) is 34.5. The Morgan fingerprint density at radius 1 is 0.357 bits per heavy atom. The monoisotopic (exact) mass is 1770 g/mol. The number of fused-ring (bicyclic) bond motifs is 9. The van der Waals surface area contributed by atoms with Crippen LogP contribution in [0.25, 0.3) is 0 Å². The van der Waals surface area contributed by atoms with Gasteiger partial charge < -0.3 is 125 Å². The quantitative estimate of drug-likeness (QED) is 0.0544. The number of nitrogen functional groups attached to an aromatic ring is 13. The van der Waals surface area contributed by atoms with Crippen LogP contribution < -0.4 is 150 Å². The number of aliphatic hydroxyl groups excluding tert-OH is 5. The van der Waals surface area contributed by atoms with Crippen molar-refractivity contribution in [3.05, 3.63) is 93.2 Å². The van der Waals surface area contributed by atoms with Crippen LogP contribution in [-0.4, -0.2) is 193 Å². The van der Waals surface area contributed by atoms with Gasteiger partial charge >= 0.3 is 0 Å². The molecule has 0 saturated carbocycles. The average Bonchev–Trinajstić information content (AvgIpc) is 1.68. The van der Waals surface area contributed by atoms with Crippen molar-refractivity contribution in [3.8, 4) is 0 Å². The van der Waals surface area contributed by atoms with Gasteiger partial charge in [0.25, 0.3) is 50.0 Å². The molecule has 0 bridgehead atoms. The number of hydrogen-bond donors (Lipinski definition) is 20. The zero-order chi connectivity index (χ0) is 91.7. The summed E-state index contributed by atoms with van der Waals surface area (Å²) in [6.45, 7) is 29.5. The molecule has 0 radical (unpaired) electrons. The number of rotatable bonds is 12. The molecule has 0 spiro atoms. The van der Waals surface area contributed by atoms with Crippen LogP contribution in [0.15, 0.2) is 43.2 Å². The highest BCUT2D eigenvalue weighted by Gasteiger charge is 2.36. The molecule has 11 aliphatic rings. The van der Waals surface area contributed by atoms with E-state index in [2.05, 4.69) is 41.0 Å². The topological polar surface area (TPSA) is 716 Å². The molecule has 9 aromatic heterocycles. The third-order valence-electron chi connectivity index (χ3n) is 24.0. The Labute approximate surface area is 721 Å². The van der Waals surface area contributed by atoms with E-state index in [0.717, 1.165) is 180 Å². The van der Waals surface area contributed by atoms with Gasteiger partial charge in [-0.3, -0.25) is 85.3 Å². The molecule has 50 nitrogen and oxygen atoms in total. The summed E-state index contributed by atoms with van der Waals surface area (Å²) in [4.78, 5) is 110. The Bertz CT molecular complexity index is 5900. The third kappa shape index (κ3) is 18.1. The van der Waals surface area contributed by atoms with Crippen molar-refractivity contribution in [2.75, 3.05) is 159 Å². The highest BCUT2D eigenvalue weighted by molar-refractivity contribution is 5.67. The minimum Gasteiger partial charge on any atom is -0.395 e. The zero-order valence-corrected chi connectivity index (χ0v) is 72.9. The number of hydrogen-bond acceptors (Lipinski definition) is 32. The lowest BCUT2D eigenvalue weighted by molar-refractivity contribution is 0.170. The first-order valence-electron chi connectivity index (χ1n) is 43.1. The van der Waals surface area contributed by atoms with E-state index < -0.39 is 12.2 Å². The molecule has 9 aromatic rings. The van der Waals surface area contributed by atoms with Gasteiger partial charge in [-0.1, -0.05) is 20.8 Å². The molecule has 50 heteroatoms. The standard InChI is InChI=1S/C10H18N4O3.C10H16N4O2.C10H16N4O.C9H16N4O2.C9H16N4O.C8H14N4O.2C7H12N4O.C6H10N4O2/c11-8-9(12(4-6-15)5-7-16)13-2-1-3-14(13)10(8)17;11-8-9(12-5-2-7(15)6-12)13-3-1-4-14(13)10(8)16;11-8-9(12-4-1-2-5-12)13-6-3-7-14(13)10(8)15;1-6(14)5-11-8-7(10)9(15)13-4-2-3-12(8)13;1-6(2)11-8-7(10)9(14)13-5-3-4-12(8)13;1-8(2)3-11-6(10)5(9)7(13)12(11)4-8;1-4-2-10-6(9)5(8)7(12)11(10)3-4;8-5-6(9)10-3-1-2-4-11(10)7(5)12;7-4-5(8)9-1-3(11)2-10(9)6(4)12/h15-16H,1-7,11H2;7,15H,1-6,11H2;1-7,11H2;6,11,14H,2-5,10H2,1H3;6,11H,3-5,10H2,1-2H3;3-4,9-10H2,1-2H3;4H,2-3,8-9H2,1H3;1-4,8-9H2;3,11H,1-2,7-8H2. The van der Waals surface area contributed by atoms with E-state index in [1.54, 1.807) is 63.3 Å². The summed E-state index contributed by atoms with van der Waals surface area (Å²) < 4.78 is 31.1. The Kier molecular flexibility index (Phi) is 27.9. The van der Waals surface area contributed by atoms with E-state index in [1.165, 1.54) is 22.2 Å². The first-order valence-corrected chi connectivity index (χ1v) is 43.1. The maximum atomic E-state index is 11.9. The molecule has 2 saturated heterocycles. The molecule has 2 fully saturated rings. The van der Waals surface area contributed by atoms with Crippen molar-refractivity contribution in [1.82, 2.24) is 84.3 Å². The van der Waals surface area contributed by atoms with Crippen LogP contribution in [0, 0.1) is 11.3 Å². The lowest BCUT2D eigenvalue weighted by atomic mass is 9.95. The van der Waals surface area contributed by atoms with Gasteiger partial charge in [0, 0.05) is 162 Å². The largest absolute Gasteiger partial charge is 0.395 e. The van der Waals surface area contributed by atoms with Crippen LogP contribution in [0.3, 0.4) is 0 Å². The molecule has 698 valence electrons. The van der Waals surface area contributed by atoms with Crippen LogP contribution in [0.5, 0.6) is 0 Å². The smallest absolute Gasteiger partial charge is 0.292 e. The zero-order valence-electron chi connectivity index (χ0n) is 72.9. The van der Waals surface area contributed by atoms with Crippen LogP contribution in [0.4, 0.5) is 104 Å². The van der Waals surface area contributed by atoms with Gasteiger partial charge in [0.15, 0.2) is 29.1 Å². The number of β-amino-alcohol motifs (C(OH)–C–C–N with tert-alkyl or cyclic N) is 1. The number of nitrogens with zero attached hydrogens (tertiary/aromatic N) is 21. The second-order valence-corrected chi connectivity index (χ2v) is 34.5. The molecular formula is C76H130N36O14. The molecule has 0 aliphatic carbocycles. The van der Waals surface area contributed by atoms with Crippen LogP contribution in [0.2, 0.25) is 0 Å². The summed E-state index contributed by atoms with van der Waals surface area (Å²) in [5, 5.41) is 52.1. The Balaban J connectivity index is 0.000000129. The highest BCUT2D eigenvalue weighted by atomic mass is 16.3. The van der Waals surface area contributed by atoms with Crippen LogP contribution in [0.1, 0.15) is 106 Å². The summed E-state index contributed by atoms with van der Waals surface area (Å²) in [6.07, 6.45) is 8.90. The lowest BCUT2D eigenvalue weighted by Crippen LogP contribution is -2.32. The third-order valence-corrected chi connectivity index (χ3v) is 24.0. The van der Waals surface area contributed by atoms with Gasteiger partial charge in [0.2, 0.25) is 0 Å². The van der Waals surface area contributed by atoms with Gasteiger partial charge in [-0.25, -0.2) is 42.1 Å². The Morgan fingerprint density at radius 3 is 1.16 bits per heavy atom. The molecule has 20 rings (SSSR count). The van der Waals surface area contributed by atoms with E-state index >= 15 is 0 Å². The van der Waals surface area contributed by atoms with Crippen LogP contribution in [-0.2, 0) is 118 Å². The maximum Gasteiger partial charge on any atom is 0.292 e. The molecule has 0 amide bonds. The first-order chi connectivity index (χ1) is 59.7. The highest BCUT2D eigenvalue weighted by Crippen LogP contribution is 2.33. The maximum absolute atomic E-state index is 11.9. The summed E-state index contributed by atoms with van der Waals surface area (Å²) in [5.41, 5.74) is 74.4. The number of nitrogens with two attached hydrogens (primary N) is 13. The molecule has 0 aromatic carbocycles. The van der Waals surface area contributed by atoms with Crippen molar-refractivity contribution >= 4 is 104 Å². The van der Waals surface area contributed by atoms with Crippen molar-refractivity contribution in [2.45, 2.75) is 248 Å². The molecule has 20 heterocycles. The van der Waals surface area contributed by atoms with Gasteiger partial charge in [0.05, 0.1) is 44.6 Å². The van der Waals surface area contributed by atoms with Gasteiger partial charge in [0.1, 0.15) is 74.5 Å². The van der Waals surface area contributed by atoms with Gasteiger partial charge in [-0.2, -0.15) is 0 Å². The molecule has 4 atom stereocenters. The van der Waals surface area contributed by atoms with E-state index in [-0.39, 0.29) is 127 Å². The van der Waals surface area contributed by atoms with E-state index in [9.17, 15) is 53.4 Å². The predicted octanol–water partition coefficient (Wildman–Crippen LogP) is -5.13. The van der Waals surface area contributed by atoms with Crippen molar-refractivity contribution in [2.24, 2.45) is 11.3 Å². The number of aromatic nitrogens is 18. The van der Waals surface area contributed by atoms with E-state index in [4.69, 9.17) is 89.9 Å². The molecule has 33 N–H and O–H groups in total. The van der Waals surface area contributed by atoms with Crippen molar-refractivity contribution < 1.29 is 25.5 Å². The second kappa shape index (κ2) is 38.0. The van der Waals surface area contributed by atoms with Crippen molar-refractivity contribution in [1.29, 1.82) is 0 Å². The lowest BCUT2D eigenvalue weighted by Gasteiger charge is -2.23. The average molecular weight is 1770 g/mol. The van der Waals surface area contributed by atoms with Gasteiger partial charge in [-0.05, 0) is 90.9 Å². The molecule has 126 heavy (non-hydrogen) atoms. The Morgan fingerprint density at radius 2 is 0.698 bits per heavy atom. The number of anilines is 18. The van der Waals surface area contributed by atoms with Crippen molar-refractivity contribution in [3.63, 3.8) is 0 Å². The predicted molar refractivity (Wildman–Crippen MR) is 486 cm³/mol. The van der Waals surface area contributed by atoms with Gasteiger partial charge in [-0.15, -0.1) is 0 Å². The number of nitrogens with one attached hydrogen (secondary N) is 2. The SMILES string of the molecule is CC(C)Nc1c(N)c(=O)n2n1CCC2.CC(O)CNc1c(N)c(=O)n2n1CCC2.CC1(C)Cn2c(N)c(N)c(=O)n2C1.CC1Cn2c(N)c(N)c(=O)n2C1.Nc1c(N(CCO)CCO)n2n(c1=O)CCC2.Nc1c(N)n2n(c1=O)CC(O)C2.Nc1c(N)n2n(c1=O)CCCC2.Nc1c(N2CCC(O)C2)n2n(c1=O)CCC2.Nc1c(N2CCCC2)n2n(c1=O)CCC2. The van der Waals surface area contributed by atoms with E-state index in [1.807, 2.05) is 37.5 Å². The summed E-state index contributed by atoms with van der Waals surface area (Å²) in [7, 11) is 0. The fraction of sp³-hybridized carbons (Fsp3) is 0.645. The minimum atomic E-state index is -0.527. The van der Waals surface area contributed by atoms with E-state index in [0.29, 0.717) is 97.9 Å². The molecule has 11 aliphatic heterocycles. The fourth-order valence-electron chi connectivity index (χ4n) is 18.0. The Hall–Kier alpha value is -12.7. The normalized spacial score (nSPS) is 18.4. The minimum absolute atomic E-state index is 0.00519. The fourth-order valence-corrected chi connectivity index (χ4v) is 18.0. The first kappa shape index (κ1) is 92.5.